The molecule has 0 aliphatic carbocycles. The van der Waals surface area contributed by atoms with Crippen molar-refractivity contribution in [2.24, 2.45) is 10.1 Å². The highest BCUT2D eigenvalue weighted by molar-refractivity contribution is 7.91. The molecule has 0 unspecified atom stereocenters. The zero-order valence-electron chi connectivity index (χ0n) is 24.9. The molecule has 46 heavy (non-hydrogen) atoms. The minimum atomic E-state index is -3.83. The van der Waals surface area contributed by atoms with Gasteiger partial charge in [0.1, 0.15) is 5.75 Å². The Morgan fingerprint density at radius 1 is 0.978 bits per heavy atom. The number of nitrogens with zero attached hydrogens (tertiary/aromatic N) is 4. The average molecular weight is 640 g/mol. The molecule has 0 aromatic heterocycles. The Morgan fingerprint density at radius 2 is 1.65 bits per heavy atom. The molecule has 12 heteroatoms. The van der Waals surface area contributed by atoms with Gasteiger partial charge in [-0.1, -0.05) is 77.9 Å². The van der Waals surface area contributed by atoms with Gasteiger partial charge in [0.15, 0.2) is 21.5 Å². The zero-order chi connectivity index (χ0) is 32.4. The quantitative estimate of drug-likeness (QED) is 0.0763. The summed E-state index contributed by atoms with van der Waals surface area (Å²) in [6.45, 7) is 0.518. The highest BCUT2D eigenvalue weighted by Crippen LogP contribution is 2.46. The fourth-order valence-electron chi connectivity index (χ4n) is 5.16. The van der Waals surface area contributed by atoms with E-state index in [4.69, 9.17) is 19.6 Å². The Hall–Kier alpha value is -5.16. The summed E-state index contributed by atoms with van der Waals surface area (Å²) in [7, 11) is -3.83. The molecule has 0 fully saturated rings. The summed E-state index contributed by atoms with van der Waals surface area (Å²) in [6, 6.07) is 30.9. The SMILES string of the molecule is [N-]=[N+]=Nc1ccccc1[C@H]1OC(c2ccc(OCCCO)cc2)=N[C@@]1(CCS(=O)(=O)c1ccccc1)C(=O)NCc1ccccc1. The summed E-state index contributed by atoms with van der Waals surface area (Å²) in [5.41, 5.74) is 9.53. The summed E-state index contributed by atoms with van der Waals surface area (Å²) in [4.78, 5) is 22.3. The lowest BCUT2D eigenvalue weighted by molar-refractivity contribution is -0.129. The van der Waals surface area contributed by atoms with Crippen molar-refractivity contribution in [3.05, 3.63) is 136 Å². The van der Waals surface area contributed by atoms with Crippen LogP contribution in [0.4, 0.5) is 5.69 Å². The highest BCUT2D eigenvalue weighted by atomic mass is 32.2. The summed E-state index contributed by atoms with van der Waals surface area (Å²) in [5.74, 6) is -0.260. The van der Waals surface area contributed by atoms with Gasteiger partial charge in [-0.3, -0.25) is 4.79 Å². The fourth-order valence-corrected chi connectivity index (χ4v) is 6.55. The van der Waals surface area contributed by atoms with Crippen molar-refractivity contribution in [3.8, 4) is 5.75 Å². The second-order valence-electron chi connectivity index (χ2n) is 10.6. The van der Waals surface area contributed by atoms with Gasteiger partial charge in [0.2, 0.25) is 5.90 Å². The second-order valence-corrected chi connectivity index (χ2v) is 12.7. The maximum atomic E-state index is 14.4. The molecule has 0 saturated heterocycles. The van der Waals surface area contributed by atoms with Gasteiger partial charge in [0.25, 0.3) is 5.91 Å². The molecule has 0 radical (unpaired) electrons. The number of azide groups is 1. The van der Waals surface area contributed by atoms with Crippen LogP contribution in [0.5, 0.6) is 5.75 Å². The molecule has 236 valence electrons. The van der Waals surface area contributed by atoms with E-state index in [1.165, 1.54) is 12.1 Å². The summed E-state index contributed by atoms with van der Waals surface area (Å²) in [6.07, 6.45) is -0.881. The maximum Gasteiger partial charge on any atom is 0.252 e. The van der Waals surface area contributed by atoms with Crippen molar-refractivity contribution in [1.82, 2.24) is 5.32 Å². The van der Waals surface area contributed by atoms with Crippen LogP contribution in [0, 0.1) is 0 Å². The predicted octanol–water partition coefficient (Wildman–Crippen LogP) is 5.83. The number of rotatable bonds is 14. The number of benzene rings is 4. The van der Waals surface area contributed by atoms with Gasteiger partial charge in [-0.05, 0) is 47.5 Å². The number of aliphatic hydroxyl groups is 1. The topological polar surface area (TPSA) is 163 Å². The lowest BCUT2D eigenvalue weighted by Gasteiger charge is -2.31. The second kappa shape index (κ2) is 14.7. The molecule has 4 aromatic carbocycles. The summed E-state index contributed by atoms with van der Waals surface area (Å²) in [5, 5.41) is 15.8. The average Bonchev–Trinajstić information content (AvgIpc) is 3.49. The largest absolute Gasteiger partial charge is 0.494 e. The standard InChI is InChI=1S/C34H33N5O6S/c35-39-38-30-15-8-7-14-29(30)31-34(33(41)36-24-25-10-3-1-4-11-25,20-23-46(42,43)28-12-5-2-6-13-28)37-32(45-31)26-16-18-27(19-17-26)44-22-9-21-40/h1-8,10-19,31,40H,9,20-24H2,(H,36,41)/t31-,34-/m1/s1. The number of ether oxygens (including phenoxy) is 2. The third-order valence-corrected chi connectivity index (χ3v) is 9.28. The Kier molecular flexibility index (Phi) is 10.3. The van der Waals surface area contributed by atoms with E-state index in [0.717, 1.165) is 5.56 Å². The predicted molar refractivity (Wildman–Crippen MR) is 173 cm³/mol. The van der Waals surface area contributed by atoms with Crippen molar-refractivity contribution in [1.29, 1.82) is 0 Å². The number of aliphatic imine (C=N–C) groups is 1. The number of carbonyl (C=O) groups excluding carboxylic acids is 1. The number of carbonyl (C=O) groups is 1. The van der Waals surface area contributed by atoms with E-state index in [1.54, 1.807) is 66.7 Å². The Labute approximate surface area is 267 Å². The third kappa shape index (κ3) is 7.37. The van der Waals surface area contributed by atoms with Crippen molar-refractivity contribution in [2.45, 2.75) is 35.9 Å². The highest BCUT2D eigenvalue weighted by Gasteiger charge is 2.54. The van der Waals surface area contributed by atoms with Gasteiger partial charge in [0.05, 0.1) is 17.3 Å². The summed E-state index contributed by atoms with van der Waals surface area (Å²) >= 11 is 0. The maximum absolute atomic E-state index is 14.4. The van der Waals surface area contributed by atoms with Crippen LogP contribution in [0.1, 0.15) is 35.6 Å². The minimum Gasteiger partial charge on any atom is -0.494 e. The monoisotopic (exact) mass is 639 g/mol. The van der Waals surface area contributed by atoms with Gasteiger partial charge in [-0.15, -0.1) is 0 Å². The lowest BCUT2D eigenvalue weighted by Crippen LogP contribution is -2.49. The van der Waals surface area contributed by atoms with Crippen LogP contribution in [0.25, 0.3) is 10.4 Å². The smallest absolute Gasteiger partial charge is 0.252 e. The van der Waals surface area contributed by atoms with Crippen molar-refractivity contribution in [2.75, 3.05) is 19.0 Å². The lowest BCUT2D eigenvalue weighted by atomic mass is 9.84. The normalized spacial score (nSPS) is 17.3. The summed E-state index contributed by atoms with van der Waals surface area (Å²) < 4.78 is 39.2. The van der Waals surface area contributed by atoms with E-state index in [0.29, 0.717) is 29.9 Å². The van der Waals surface area contributed by atoms with E-state index < -0.39 is 33.1 Å². The minimum absolute atomic E-state index is 0.00977. The Balaban J connectivity index is 1.59. The van der Waals surface area contributed by atoms with Crippen LogP contribution >= 0.6 is 0 Å². The van der Waals surface area contributed by atoms with Crippen molar-refractivity contribution in [3.63, 3.8) is 0 Å². The molecule has 1 amide bonds. The van der Waals surface area contributed by atoms with Gasteiger partial charge in [0, 0.05) is 47.7 Å². The van der Waals surface area contributed by atoms with Crippen LogP contribution in [-0.4, -0.2) is 49.8 Å². The molecule has 2 N–H and O–H groups in total. The van der Waals surface area contributed by atoms with Crippen molar-refractivity contribution < 1.29 is 27.8 Å². The number of hydrogen-bond donors (Lipinski definition) is 2. The first-order valence-corrected chi connectivity index (χ1v) is 16.4. The number of sulfone groups is 1. The molecular weight excluding hydrogens is 606 g/mol. The van der Waals surface area contributed by atoms with Crippen LogP contribution in [0.2, 0.25) is 0 Å². The third-order valence-electron chi connectivity index (χ3n) is 7.55. The molecule has 2 atom stereocenters. The molecule has 1 heterocycles. The van der Waals surface area contributed by atoms with Crippen LogP contribution in [0.3, 0.4) is 0 Å². The molecule has 11 nitrogen and oxygen atoms in total. The number of aliphatic hydroxyl groups excluding tert-OH is 1. The van der Waals surface area contributed by atoms with Gasteiger partial charge in [-0.25, -0.2) is 13.4 Å². The number of hydrogen-bond acceptors (Lipinski definition) is 8. The fraction of sp³-hybridized carbons (Fsp3) is 0.235. The number of nitrogens with one attached hydrogen (secondary N) is 1. The molecule has 0 spiro atoms. The van der Waals surface area contributed by atoms with Crippen LogP contribution in [-0.2, 0) is 25.9 Å². The first kappa shape index (κ1) is 32.2. The van der Waals surface area contributed by atoms with Gasteiger partial charge >= 0.3 is 0 Å². The van der Waals surface area contributed by atoms with Crippen LogP contribution < -0.4 is 10.1 Å². The Bertz CT molecular complexity index is 1830. The zero-order valence-corrected chi connectivity index (χ0v) is 25.7. The first-order valence-electron chi connectivity index (χ1n) is 14.7. The van der Waals surface area contributed by atoms with E-state index in [-0.39, 0.29) is 36.1 Å². The van der Waals surface area contributed by atoms with E-state index in [2.05, 4.69) is 15.3 Å². The first-order chi connectivity index (χ1) is 22.4. The molecular formula is C34H33N5O6S. The molecule has 1 aliphatic heterocycles. The Morgan fingerprint density at radius 3 is 2.35 bits per heavy atom. The van der Waals surface area contributed by atoms with Crippen LogP contribution in [0.15, 0.2) is 124 Å². The van der Waals surface area contributed by atoms with E-state index in [9.17, 15) is 18.7 Å². The molecule has 0 saturated carbocycles. The molecule has 4 aromatic rings. The van der Waals surface area contributed by atoms with E-state index in [1.807, 2.05) is 30.3 Å². The molecule has 5 rings (SSSR count). The molecule has 0 bridgehead atoms. The molecule has 1 aliphatic rings. The van der Waals surface area contributed by atoms with E-state index >= 15 is 0 Å². The van der Waals surface area contributed by atoms with Gasteiger partial charge in [-0.2, -0.15) is 0 Å². The van der Waals surface area contributed by atoms with Crippen molar-refractivity contribution >= 4 is 27.3 Å². The number of amides is 1. The van der Waals surface area contributed by atoms with Gasteiger partial charge < -0.3 is 19.9 Å².